The molecule has 2 aromatic rings. The van der Waals surface area contributed by atoms with Crippen LogP contribution in [0.15, 0.2) is 36.4 Å². The molecule has 0 unspecified atom stereocenters. The van der Waals surface area contributed by atoms with E-state index in [-0.39, 0.29) is 0 Å². The van der Waals surface area contributed by atoms with Crippen LogP contribution >= 0.6 is 12.2 Å². The van der Waals surface area contributed by atoms with E-state index in [1.54, 1.807) is 14.2 Å². The van der Waals surface area contributed by atoms with Crippen molar-refractivity contribution < 1.29 is 9.47 Å². The standard InChI is InChI=1S/C19H24N2O2S/c1-13-6-5-7-16(14(13)2)21-19(24)20-11-10-15-8-9-17(22-3)18(12-15)23-4/h5-9,12H,10-11H2,1-4H3,(H2,20,21,24). The highest BCUT2D eigenvalue weighted by Gasteiger charge is 2.05. The Morgan fingerprint density at radius 3 is 2.50 bits per heavy atom. The maximum Gasteiger partial charge on any atom is 0.170 e. The van der Waals surface area contributed by atoms with Crippen molar-refractivity contribution in [3.63, 3.8) is 0 Å². The number of thiocarbonyl (C=S) groups is 1. The molecule has 0 aliphatic heterocycles. The lowest BCUT2D eigenvalue weighted by Crippen LogP contribution is -2.30. The smallest absolute Gasteiger partial charge is 0.170 e. The van der Waals surface area contributed by atoms with Gasteiger partial charge in [0.25, 0.3) is 0 Å². The molecule has 0 aromatic heterocycles. The first-order chi connectivity index (χ1) is 11.5. The average Bonchev–Trinajstić information content (AvgIpc) is 2.58. The third kappa shape index (κ3) is 4.61. The Morgan fingerprint density at radius 1 is 1.04 bits per heavy atom. The lowest BCUT2D eigenvalue weighted by molar-refractivity contribution is 0.354. The van der Waals surface area contributed by atoms with Crippen LogP contribution in [0.3, 0.4) is 0 Å². The van der Waals surface area contributed by atoms with E-state index in [4.69, 9.17) is 21.7 Å². The van der Waals surface area contributed by atoms with Crippen LogP contribution in [-0.4, -0.2) is 25.9 Å². The van der Waals surface area contributed by atoms with Gasteiger partial charge in [-0.05, 0) is 67.4 Å². The molecule has 0 saturated heterocycles. The number of hydrogen-bond acceptors (Lipinski definition) is 3. The Bertz CT molecular complexity index is 717. The van der Waals surface area contributed by atoms with E-state index >= 15 is 0 Å². The first-order valence-corrected chi connectivity index (χ1v) is 8.28. The summed E-state index contributed by atoms with van der Waals surface area (Å²) in [6.07, 6.45) is 0.842. The minimum atomic E-state index is 0.629. The zero-order valence-corrected chi connectivity index (χ0v) is 15.4. The number of methoxy groups -OCH3 is 2. The van der Waals surface area contributed by atoms with E-state index in [2.05, 4.69) is 30.5 Å². The molecule has 0 aliphatic rings. The van der Waals surface area contributed by atoms with Crippen molar-refractivity contribution >= 4 is 23.0 Å². The molecular weight excluding hydrogens is 320 g/mol. The van der Waals surface area contributed by atoms with Crippen molar-refractivity contribution in [3.8, 4) is 11.5 Å². The number of rotatable bonds is 6. The molecule has 0 heterocycles. The molecule has 0 atom stereocenters. The molecule has 0 fully saturated rings. The molecule has 0 bridgehead atoms. The Kier molecular flexibility index (Phi) is 6.44. The fraction of sp³-hybridized carbons (Fsp3) is 0.316. The van der Waals surface area contributed by atoms with Crippen LogP contribution in [0.4, 0.5) is 5.69 Å². The normalized spacial score (nSPS) is 10.2. The van der Waals surface area contributed by atoms with Gasteiger partial charge in [-0.15, -0.1) is 0 Å². The summed E-state index contributed by atoms with van der Waals surface area (Å²) in [5.41, 5.74) is 4.66. The molecule has 2 aromatic carbocycles. The van der Waals surface area contributed by atoms with E-state index in [0.29, 0.717) is 5.11 Å². The summed E-state index contributed by atoms with van der Waals surface area (Å²) in [7, 11) is 3.28. The van der Waals surface area contributed by atoms with Crippen LogP contribution in [0.25, 0.3) is 0 Å². The van der Waals surface area contributed by atoms with Crippen LogP contribution in [0.5, 0.6) is 11.5 Å². The van der Waals surface area contributed by atoms with Gasteiger partial charge in [-0.2, -0.15) is 0 Å². The molecule has 24 heavy (non-hydrogen) atoms. The largest absolute Gasteiger partial charge is 0.493 e. The second-order valence-corrected chi connectivity index (χ2v) is 5.98. The molecule has 5 heteroatoms. The molecule has 0 saturated carbocycles. The SMILES string of the molecule is COc1ccc(CCNC(=S)Nc2cccc(C)c2C)cc1OC. The van der Waals surface area contributed by atoms with Gasteiger partial charge in [-0.3, -0.25) is 0 Å². The summed E-state index contributed by atoms with van der Waals surface area (Å²) in [6.45, 7) is 4.92. The monoisotopic (exact) mass is 344 g/mol. The van der Waals surface area contributed by atoms with Gasteiger partial charge < -0.3 is 20.1 Å². The molecule has 0 radical (unpaired) electrons. The fourth-order valence-electron chi connectivity index (χ4n) is 2.41. The van der Waals surface area contributed by atoms with Crippen LogP contribution in [0, 0.1) is 13.8 Å². The Labute approximate surface area is 149 Å². The van der Waals surface area contributed by atoms with Gasteiger partial charge in [-0.1, -0.05) is 18.2 Å². The summed E-state index contributed by atoms with van der Waals surface area (Å²) < 4.78 is 10.6. The van der Waals surface area contributed by atoms with Crippen LogP contribution in [0.1, 0.15) is 16.7 Å². The summed E-state index contributed by atoms with van der Waals surface area (Å²) in [5, 5.41) is 7.12. The first kappa shape index (κ1) is 18.1. The number of ether oxygens (including phenoxy) is 2. The van der Waals surface area contributed by atoms with E-state index in [1.807, 2.05) is 30.3 Å². The number of benzene rings is 2. The second kappa shape index (κ2) is 8.55. The Morgan fingerprint density at radius 2 is 1.79 bits per heavy atom. The fourth-order valence-corrected chi connectivity index (χ4v) is 2.62. The molecular formula is C19H24N2O2S. The maximum atomic E-state index is 5.38. The maximum absolute atomic E-state index is 5.38. The minimum absolute atomic E-state index is 0.629. The molecule has 2 rings (SSSR count). The number of nitrogens with one attached hydrogen (secondary N) is 2. The summed E-state index contributed by atoms with van der Waals surface area (Å²) in [4.78, 5) is 0. The van der Waals surface area contributed by atoms with Gasteiger partial charge in [0.15, 0.2) is 16.6 Å². The molecule has 0 spiro atoms. The van der Waals surface area contributed by atoms with Gasteiger partial charge in [-0.25, -0.2) is 0 Å². The summed E-state index contributed by atoms with van der Waals surface area (Å²) in [6, 6.07) is 12.1. The van der Waals surface area contributed by atoms with Crippen molar-refractivity contribution in [1.29, 1.82) is 0 Å². The lowest BCUT2D eigenvalue weighted by atomic mass is 10.1. The van der Waals surface area contributed by atoms with Crippen molar-refractivity contribution in [3.05, 3.63) is 53.1 Å². The zero-order valence-electron chi connectivity index (χ0n) is 14.6. The van der Waals surface area contributed by atoms with Crippen molar-refractivity contribution in [1.82, 2.24) is 5.32 Å². The van der Waals surface area contributed by atoms with E-state index in [0.717, 1.165) is 35.7 Å². The van der Waals surface area contributed by atoms with Crippen LogP contribution in [-0.2, 0) is 6.42 Å². The Hall–Kier alpha value is -2.27. The zero-order chi connectivity index (χ0) is 17.5. The highest BCUT2D eigenvalue weighted by molar-refractivity contribution is 7.80. The van der Waals surface area contributed by atoms with Gasteiger partial charge in [0.05, 0.1) is 14.2 Å². The van der Waals surface area contributed by atoms with Crippen LogP contribution < -0.4 is 20.1 Å². The minimum Gasteiger partial charge on any atom is -0.493 e. The van der Waals surface area contributed by atoms with Crippen molar-refractivity contribution in [2.24, 2.45) is 0 Å². The van der Waals surface area contributed by atoms with Crippen molar-refractivity contribution in [2.45, 2.75) is 20.3 Å². The summed E-state index contributed by atoms with van der Waals surface area (Å²) >= 11 is 5.38. The number of hydrogen-bond donors (Lipinski definition) is 2. The highest BCUT2D eigenvalue weighted by Crippen LogP contribution is 2.27. The van der Waals surface area contributed by atoms with E-state index < -0.39 is 0 Å². The quantitative estimate of drug-likeness (QED) is 0.779. The lowest BCUT2D eigenvalue weighted by Gasteiger charge is -2.14. The first-order valence-electron chi connectivity index (χ1n) is 7.87. The van der Waals surface area contributed by atoms with Crippen LogP contribution in [0.2, 0.25) is 0 Å². The van der Waals surface area contributed by atoms with Gasteiger partial charge in [0.1, 0.15) is 0 Å². The third-order valence-corrected chi connectivity index (χ3v) is 4.25. The topological polar surface area (TPSA) is 42.5 Å². The summed E-state index contributed by atoms with van der Waals surface area (Å²) in [5.74, 6) is 1.48. The molecule has 0 amide bonds. The van der Waals surface area contributed by atoms with E-state index in [1.165, 1.54) is 11.1 Å². The molecule has 4 nitrogen and oxygen atoms in total. The number of aryl methyl sites for hydroxylation is 1. The number of anilines is 1. The predicted molar refractivity (Wildman–Crippen MR) is 103 cm³/mol. The van der Waals surface area contributed by atoms with Gasteiger partial charge in [0, 0.05) is 12.2 Å². The Balaban J connectivity index is 1.87. The van der Waals surface area contributed by atoms with E-state index in [9.17, 15) is 0 Å². The predicted octanol–water partition coefficient (Wildman–Crippen LogP) is 3.85. The third-order valence-electron chi connectivity index (χ3n) is 4.00. The van der Waals surface area contributed by atoms with Gasteiger partial charge >= 0.3 is 0 Å². The molecule has 2 N–H and O–H groups in total. The average molecular weight is 344 g/mol. The second-order valence-electron chi connectivity index (χ2n) is 5.57. The van der Waals surface area contributed by atoms with Gasteiger partial charge in [0.2, 0.25) is 0 Å². The highest BCUT2D eigenvalue weighted by atomic mass is 32.1. The molecule has 0 aliphatic carbocycles. The van der Waals surface area contributed by atoms with Crippen molar-refractivity contribution in [2.75, 3.05) is 26.1 Å². The molecule has 128 valence electrons.